The summed E-state index contributed by atoms with van der Waals surface area (Å²) in [5, 5.41) is 21.4. The lowest BCUT2D eigenvalue weighted by Crippen LogP contribution is -2.61. The van der Waals surface area contributed by atoms with Gasteiger partial charge in [0.25, 0.3) is 0 Å². The fourth-order valence-electron chi connectivity index (χ4n) is 6.21. The Bertz CT molecular complexity index is 504. The van der Waals surface area contributed by atoms with Crippen molar-refractivity contribution in [3.05, 3.63) is 11.6 Å². The van der Waals surface area contributed by atoms with E-state index in [1.807, 2.05) is 0 Å². The molecule has 4 aliphatic carbocycles. The number of hydrogen-bond donors (Lipinski definition) is 2. The highest BCUT2D eigenvalue weighted by atomic mass is 19.1. The molecule has 2 nitrogen and oxygen atoms in total. The largest absolute Gasteiger partial charge is 0.393 e. The second-order valence-corrected chi connectivity index (χ2v) is 8.78. The van der Waals surface area contributed by atoms with Gasteiger partial charge in [-0.15, -0.1) is 0 Å². The van der Waals surface area contributed by atoms with Gasteiger partial charge in [0.05, 0.1) is 6.10 Å². The molecule has 0 saturated heterocycles. The second-order valence-electron chi connectivity index (χ2n) is 8.78. The molecule has 124 valence electrons. The molecule has 4 aliphatic rings. The molecule has 0 amide bonds. The summed E-state index contributed by atoms with van der Waals surface area (Å²) in [6.45, 7) is 2.26. The van der Waals surface area contributed by atoms with Crippen molar-refractivity contribution in [3.8, 4) is 0 Å². The highest BCUT2D eigenvalue weighted by Gasteiger charge is 2.64. The normalized spacial score (nSPS) is 54.7. The topological polar surface area (TPSA) is 40.5 Å². The molecule has 3 saturated carbocycles. The average Bonchev–Trinajstić information content (AvgIpc) is 2.82. The average molecular weight is 308 g/mol. The molecule has 3 heteroatoms. The first-order chi connectivity index (χ1) is 10.4. The Hall–Kier alpha value is -0.410. The minimum Gasteiger partial charge on any atom is -0.393 e. The van der Waals surface area contributed by atoms with Crippen LogP contribution in [0.3, 0.4) is 0 Å². The van der Waals surface area contributed by atoms with Gasteiger partial charge in [-0.2, -0.15) is 0 Å². The second kappa shape index (κ2) is 4.80. The fraction of sp³-hybridized carbons (Fsp3) is 0.895. The maximum atomic E-state index is 16.0. The minimum atomic E-state index is -1.58. The summed E-state index contributed by atoms with van der Waals surface area (Å²) in [6, 6.07) is 0. The lowest BCUT2D eigenvalue weighted by Gasteiger charge is -2.54. The van der Waals surface area contributed by atoms with Crippen LogP contribution in [0.5, 0.6) is 0 Å². The van der Waals surface area contributed by atoms with Crippen LogP contribution in [0, 0.1) is 17.3 Å². The van der Waals surface area contributed by atoms with E-state index in [2.05, 4.69) is 6.92 Å². The summed E-state index contributed by atoms with van der Waals surface area (Å²) in [4.78, 5) is 0. The standard InChI is InChI=1S/C19H29FO2/c1-17-7-2-3-16(17)19(22)8-6-13-4-5-15(21)11-14(13)12-18(19,20)10-9-17/h12-13,15-16,21-22H,2-11H2,1H3/t13?,15?,16?,17?,18?,19-/m0/s1. The lowest BCUT2D eigenvalue weighted by atomic mass is 9.55. The van der Waals surface area contributed by atoms with Crippen molar-refractivity contribution >= 4 is 0 Å². The molecule has 4 rings (SSSR count). The van der Waals surface area contributed by atoms with Crippen molar-refractivity contribution in [3.63, 3.8) is 0 Å². The van der Waals surface area contributed by atoms with E-state index in [9.17, 15) is 10.2 Å². The fourth-order valence-corrected chi connectivity index (χ4v) is 6.21. The number of aliphatic hydroxyl groups is 2. The molecule has 5 unspecified atom stereocenters. The van der Waals surface area contributed by atoms with Crippen LogP contribution in [0.4, 0.5) is 4.39 Å². The van der Waals surface area contributed by atoms with Crippen LogP contribution in [0.25, 0.3) is 0 Å². The summed E-state index contributed by atoms with van der Waals surface area (Å²) in [6.07, 6.45) is 9.84. The van der Waals surface area contributed by atoms with Gasteiger partial charge in [-0.3, -0.25) is 0 Å². The summed E-state index contributed by atoms with van der Waals surface area (Å²) in [5.74, 6) is 0.471. The van der Waals surface area contributed by atoms with Crippen LogP contribution < -0.4 is 0 Å². The van der Waals surface area contributed by atoms with Gasteiger partial charge in [0.15, 0.2) is 5.67 Å². The van der Waals surface area contributed by atoms with Crippen LogP contribution in [0.2, 0.25) is 0 Å². The Kier molecular flexibility index (Phi) is 3.30. The van der Waals surface area contributed by atoms with E-state index in [1.54, 1.807) is 6.08 Å². The number of fused-ring (bicyclic) bond motifs is 4. The van der Waals surface area contributed by atoms with Crippen LogP contribution in [0.1, 0.15) is 71.1 Å². The van der Waals surface area contributed by atoms with Gasteiger partial charge in [0.2, 0.25) is 0 Å². The molecular weight excluding hydrogens is 279 g/mol. The van der Waals surface area contributed by atoms with Crippen molar-refractivity contribution < 1.29 is 14.6 Å². The van der Waals surface area contributed by atoms with Gasteiger partial charge in [-0.1, -0.05) is 18.9 Å². The highest BCUT2D eigenvalue weighted by molar-refractivity contribution is 5.28. The van der Waals surface area contributed by atoms with Crippen molar-refractivity contribution in [1.82, 2.24) is 0 Å². The van der Waals surface area contributed by atoms with E-state index in [4.69, 9.17) is 0 Å². The number of alkyl halides is 1. The monoisotopic (exact) mass is 308 g/mol. The molecule has 0 aliphatic heterocycles. The SMILES string of the molecule is CC12CCCC1[C@@]1(O)CCC3CCC(O)CC3=CC1(F)CC2. The maximum absolute atomic E-state index is 16.0. The van der Waals surface area contributed by atoms with Gasteiger partial charge >= 0.3 is 0 Å². The van der Waals surface area contributed by atoms with E-state index < -0.39 is 11.3 Å². The Balaban J connectivity index is 1.74. The van der Waals surface area contributed by atoms with E-state index in [-0.39, 0.29) is 17.4 Å². The predicted octanol–water partition coefficient (Wildman–Crippen LogP) is 3.91. The predicted molar refractivity (Wildman–Crippen MR) is 84.1 cm³/mol. The van der Waals surface area contributed by atoms with Crippen molar-refractivity contribution in [2.75, 3.05) is 0 Å². The van der Waals surface area contributed by atoms with Gasteiger partial charge in [-0.25, -0.2) is 4.39 Å². The van der Waals surface area contributed by atoms with Crippen molar-refractivity contribution in [1.29, 1.82) is 0 Å². The van der Waals surface area contributed by atoms with Crippen molar-refractivity contribution in [2.24, 2.45) is 17.3 Å². The third-order valence-corrected chi connectivity index (χ3v) is 7.57. The molecule has 0 aromatic heterocycles. The Morgan fingerprint density at radius 3 is 2.73 bits per heavy atom. The van der Waals surface area contributed by atoms with E-state index in [1.165, 1.54) is 0 Å². The number of halogens is 1. The maximum Gasteiger partial charge on any atom is 0.158 e. The molecule has 3 fully saturated rings. The smallest absolute Gasteiger partial charge is 0.158 e. The molecule has 0 aromatic rings. The lowest BCUT2D eigenvalue weighted by molar-refractivity contribution is -0.179. The zero-order valence-corrected chi connectivity index (χ0v) is 13.7. The van der Waals surface area contributed by atoms with Gasteiger partial charge in [0, 0.05) is 0 Å². The van der Waals surface area contributed by atoms with Crippen LogP contribution >= 0.6 is 0 Å². The Morgan fingerprint density at radius 2 is 1.91 bits per heavy atom. The van der Waals surface area contributed by atoms with E-state index in [0.29, 0.717) is 25.2 Å². The highest BCUT2D eigenvalue weighted by Crippen LogP contribution is 2.63. The van der Waals surface area contributed by atoms with Gasteiger partial charge in [0.1, 0.15) is 5.60 Å². The summed E-state index contributed by atoms with van der Waals surface area (Å²) in [5.41, 5.74) is -1.56. The molecule has 2 N–H and O–H groups in total. The van der Waals surface area contributed by atoms with E-state index >= 15 is 4.39 Å². The third-order valence-electron chi connectivity index (χ3n) is 7.57. The van der Waals surface area contributed by atoms with Crippen LogP contribution in [0.15, 0.2) is 11.6 Å². The molecule has 22 heavy (non-hydrogen) atoms. The van der Waals surface area contributed by atoms with Crippen LogP contribution in [-0.2, 0) is 0 Å². The summed E-state index contributed by atoms with van der Waals surface area (Å²) < 4.78 is 16.0. The number of rotatable bonds is 0. The molecule has 0 spiro atoms. The first-order valence-corrected chi connectivity index (χ1v) is 9.17. The Labute approximate surface area is 132 Å². The number of aliphatic hydroxyl groups excluding tert-OH is 1. The third kappa shape index (κ3) is 1.97. The zero-order chi connectivity index (χ0) is 15.6. The minimum absolute atomic E-state index is 0.0978. The summed E-state index contributed by atoms with van der Waals surface area (Å²) >= 11 is 0. The molecule has 0 heterocycles. The van der Waals surface area contributed by atoms with Crippen LogP contribution in [-0.4, -0.2) is 27.6 Å². The summed E-state index contributed by atoms with van der Waals surface area (Å²) in [7, 11) is 0. The van der Waals surface area contributed by atoms with Gasteiger partial charge in [-0.05, 0) is 81.1 Å². The molecule has 0 radical (unpaired) electrons. The van der Waals surface area contributed by atoms with E-state index in [0.717, 1.165) is 50.5 Å². The number of hydrogen-bond acceptors (Lipinski definition) is 2. The molecule has 6 atom stereocenters. The molecule has 0 aromatic carbocycles. The quantitative estimate of drug-likeness (QED) is 0.666. The van der Waals surface area contributed by atoms with Gasteiger partial charge < -0.3 is 10.2 Å². The Morgan fingerprint density at radius 1 is 1.09 bits per heavy atom. The first-order valence-electron chi connectivity index (χ1n) is 9.17. The van der Waals surface area contributed by atoms with Crippen molar-refractivity contribution in [2.45, 2.75) is 88.5 Å². The molecule has 0 bridgehead atoms. The first kappa shape index (κ1) is 15.1. The molecular formula is C19H29FO2. The zero-order valence-electron chi connectivity index (χ0n) is 13.7.